The molecule has 3 atom stereocenters. The zero-order valence-electron chi connectivity index (χ0n) is 16.0. The molecule has 0 aliphatic heterocycles. The van der Waals surface area contributed by atoms with Gasteiger partial charge < -0.3 is 14.6 Å². The van der Waals surface area contributed by atoms with Crippen LogP contribution in [0.4, 0.5) is 0 Å². The molecular formula is C23H24O6. The first kappa shape index (κ1) is 20.6. The molecule has 3 rings (SSSR count). The van der Waals surface area contributed by atoms with E-state index in [1.165, 1.54) is 0 Å². The van der Waals surface area contributed by atoms with Crippen molar-refractivity contribution in [2.24, 2.45) is 17.8 Å². The van der Waals surface area contributed by atoms with Crippen molar-refractivity contribution in [3.63, 3.8) is 0 Å². The van der Waals surface area contributed by atoms with Crippen LogP contribution in [-0.4, -0.2) is 23.0 Å². The molecule has 0 heterocycles. The minimum absolute atomic E-state index is 0.122. The lowest BCUT2D eigenvalue weighted by atomic mass is 9.75. The van der Waals surface area contributed by atoms with E-state index in [0.29, 0.717) is 0 Å². The fraction of sp³-hybridized carbons (Fsp3) is 0.348. The standard InChI is InChI=1S/C23H24O6/c24-21(25)18-11-19(22(26)28-14-16-7-3-1-4-8-16)13-20(12-18)23(27)29-15-17-9-5-2-6-10-17/h1-10,18-20H,11-15H2,(H,24,25)/t18?,19-,20?/m1/s1. The minimum Gasteiger partial charge on any atom is -0.481 e. The smallest absolute Gasteiger partial charge is 0.309 e. The first-order valence-electron chi connectivity index (χ1n) is 9.67. The highest BCUT2D eigenvalue weighted by Crippen LogP contribution is 2.35. The molecule has 0 saturated heterocycles. The fourth-order valence-electron chi connectivity index (χ4n) is 3.60. The van der Waals surface area contributed by atoms with E-state index in [9.17, 15) is 19.5 Å². The molecule has 152 valence electrons. The van der Waals surface area contributed by atoms with Crippen LogP contribution in [0, 0.1) is 17.8 Å². The van der Waals surface area contributed by atoms with Crippen molar-refractivity contribution in [1.82, 2.24) is 0 Å². The van der Waals surface area contributed by atoms with E-state index in [-0.39, 0.29) is 32.5 Å². The Hall–Kier alpha value is -3.15. The van der Waals surface area contributed by atoms with E-state index in [1.54, 1.807) is 0 Å². The molecule has 0 amide bonds. The van der Waals surface area contributed by atoms with Gasteiger partial charge in [0.25, 0.3) is 0 Å². The summed E-state index contributed by atoms with van der Waals surface area (Å²) in [4.78, 5) is 36.6. The molecular weight excluding hydrogens is 372 g/mol. The molecule has 1 N–H and O–H groups in total. The van der Waals surface area contributed by atoms with Gasteiger partial charge in [-0.2, -0.15) is 0 Å². The molecule has 6 heteroatoms. The van der Waals surface area contributed by atoms with Gasteiger partial charge in [0.05, 0.1) is 17.8 Å². The molecule has 6 nitrogen and oxygen atoms in total. The maximum atomic E-state index is 12.5. The van der Waals surface area contributed by atoms with Gasteiger partial charge in [0.15, 0.2) is 0 Å². The van der Waals surface area contributed by atoms with E-state index in [2.05, 4.69) is 0 Å². The van der Waals surface area contributed by atoms with E-state index in [1.807, 2.05) is 60.7 Å². The first-order chi connectivity index (χ1) is 14.0. The van der Waals surface area contributed by atoms with E-state index >= 15 is 0 Å². The van der Waals surface area contributed by atoms with Crippen molar-refractivity contribution in [3.8, 4) is 0 Å². The average molecular weight is 396 g/mol. The SMILES string of the molecule is O=C(O)C1CC(C(=O)OCc2ccccc2)C[C@H](C(=O)OCc2ccccc2)C1. The van der Waals surface area contributed by atoms with Gasteiger partial charge in [-0.05, 0) is 30.4 Å². The molecule has 0 radical (unpaired) electrons. The Kier molecular flexibility index (Phi) is 7.00. The zero-order valence-corrected chi connectivity index (χ0v) is 16.0. The van der Waals surface area contributed by atoms with Crippen LogP contribution in [0.1, 0.15) is 30.4 Å². The molecule has 1 aliphatic rings. The zero-order chi connectivity index (χ0) is 20.6. The van der Waals surface area contributed by atoms with Crippen LogP contribution in [0.3, 0.4) is 0 Å². The van der Waals surface area contributed by atoms with Gasteiger partial charge in [-0.3, -0.25) is 14.4 Å². The molecule has 29 heavy (non-hydrogen) atoms. The number of carboxylic acids is 1. The first-order valence-corrected chi connectivity index (χ1v) is 9.67. The predicted octanol–water partition coefficient (Wildman–Crippen LogP) is 3.59. The van der Waals surface area contributed by atoms with Gasteiger partial charge >= 0.3 is 17.9 Å². The third-order valence-corrected chi connectivity index (χ3v) is 5.17. The lowest BCUT2D eigenvalue weighted by molar-refractivity contribution is -0.160. The summed E-state index contributed by atoms with van der Waals surface area (Å²) in [6.45, 7) is 0.244. The molecule has 1 aliphatic carbocycles. The number of carbonyl (C=O) groups is 3. The number of esters is 2. The summed E-state index contributed by atoms with van der Waals surface area (Å²) in [7, 11) is 0. The minimum atomic E-state index is -1.01. The second-order valence-corrected chi connectivity index (χ2v) is 7.32. The van der Waals surface area contributed by atoms with Crippen molar-refractivity contribution < 1.29 is 29.0 Å². The molecule has 0 spiro atoms. The Labute approximate surface area is 169 Å². The van der Waals surface area contributed by atoms with Crippen LogP contribution < -0.4 is 0 Å². The van der Waals surface area contributed by atoms with E-state index in [4.69, 9.17) is 9.47 Å². The lowest BCUT2D eigenvalue weighted by Gasteiger charge is -2.30. The summed E-state index contributed by atoms with van der Waals surface area (Å²) in [5.41, 5.74) is 1.70. The molecule has 2 aromatic carbocycles. The van der Waals surface area contributed by atoms with Crippen molar-refractivity contribution in [2.45, 2.75) is 32.5 Å². The highest BCUT2D eigenvalue weighted by atomic mass is 16.5. The molecule has 2 unspecified atom stereocenters. The third-order valence-electron chi connectivity index (χ3n) is 5.17. The molecule has 0 bridgehead atoms. The summed E-state index contributed by atoms with van der Waals surface area (Å²) in [6, 6.07) is 18.5. The Morgan fingerprint density at radius 2 is 1.07 bits per heavy atom. The number of carboxylic acid groups (broad SMARTS) is 1. The summed E-state index contributed by atoms with van der Waals surface area (Å²) < 4.78 is 10.7. The largest absolute Gasteiger partial charge is 0.481 e. The average Bonchev–Trinajstić information content (AvgIpc) is 2.76. The van der Waals surface area contributed by atoms with Crippen molar-refractivity contribution >= 4 is 17.9 Å². The normalized spacial score (nSPS) is 21.2. The van der Waals surface area contributed by atoms with Crippen LogP contribution in [0.15, 0.2) is 60.7 Å². The quantitative estimate of drug-likeness (QED) is 0.720. The second kappa shape index (κ2) is 9.87. The Morgan fingerprint density at radius 3 is 1.45 bits per heavy atom. The van der Waals surface area contributed by atoms with Crippen molar-refractivity contribution in [2.75, 3.05) is 0 Å². The number of rotatable bonds is 7. The Bertz CT molecular complexity index is 769. The maximum absolute atomic E-state index is 12.5. The van der Waals surface area contributed by atoms with Gasteiger partial charge in [0.2, 0.25) is 0 Å². The third kappa shape index (κ3) is 5.91. The molecule has 0 aromatic heterocycles. The van der Waals surface area contributed by atoms with Crippen LogP contribution in [0.5, 0.6) is 0 Å². The maximum Gasteiger partial charge on any atom is 0.309 e. The van der Waals surface area contributed by atoms with Crippen LogP contribution in [0.25, 0.3) is 0 Å². The summed E-state index contributed by atoms with van der Waals surface area (Å²) >= 11 is 0. The number of hydrogen-bond acceptors (Lipinski definition) is 5. The van der Waals surface area contributed by atoms with E-state index in [0.717, 1.165) is 11.1 Å². The topological polar surface area (TPSA) is 89.9 Å². The van der Waals surface area contributed by atoms with Crippen LogP contribution in [-0.2, 0) is 37.1 Å². The Balaban J connectivity index is 1.59. The van der Waals surface area contributed by atoms with Crippen molar-refractivity contribution in [3.05, 3.63) is 71.8 Å². The number of benzene rings is 2. The van der Waals surface area contributed by atoms with Crippen LogP contribution in [0.2, 0.25) is 0 Å². The number of hydrogen-bond donors (Lipinski definition) is 1. The van der Waals surface area contributed by atoms with Gasteiger partial charge in [-0.15, -0.1) is 0 Å². The summed E-state index contributed by atoms with van der Waals surface area (Å²) in [6.07, 6.45) is 0.585. The molecule has 2 aromatic rings. The summed E-state index contributed by atoms with van der Waals surface area (Å²) in [5.74, 6) is -3.99. The number of carbonyl (C=O) groups excluding carboxylic acids is 2. The van der Waals surface area contributed by atoms with E-state index < -0.39 is 35.7 Å². The highest BCUT2D eigenvalue weighted by Gasteiger charge is 2.40. The van der Waals surface area contributed by atoms with Crippen molar-refractivity contribution in [1.29, 1.82) is 0 Å². The van der Waals surface area contributed by atoms with Gasteiger partial charge in [-0.25, -0.2) is 0 Å². The lowest BCUT2D eigenvalue weighted by Crippen LogP contribution is -2.36. The molecule has 1 saturated carbocycles. The van der Waals surface area contributed by atoms with Crippen LogP contribution >= 0.6 is 0 Å². The predicted molar refractivity (Wildman–Crippen MR) is 104 cm³/mol. The highest BCUT2D eigenvalue weighted by molar-refractivity contribution is 5.79. The number of aliphatic carboxylic acids is 1. The summed E-state index contributed by atoms with van der Waals surface area (Å²) in [5, 5.41) is 9.45. The second-order valence-electron chi connectivity index (χ2n) is 7.32. The van der Waals surface area contributed by atoms with Gasteiger partial charge in [0, 0.05) is 0 Å². The Morgan fingerprint density at radius 1 is 0.690 bits per heavy atom. The fourth-order valence-corrected chi connectivity index (χ4v) is 3.60. The molecule has 1 fully saturated rings. The van der Waals surface area contributed by atoms with Gasteiger partial charge in [-0.1, -0.05) is 60.7 Å². The number of ether oxygens (including phenoxy) is 2. The monoisotopic (exact) mass is 396 g/mol. The van der Waals surface area contributed by atoms with Gasteiger partial charge in [0.1, 0.15) is 13.2 Å².